The average molecular weight is 456 g/mol. The lowest BCUT2D eigenvalue weighted by Crippen LogP contribution is -2.29. The van der Waals surface area contributed by atoms with Gasteiger partial charge in [0.25, 0.3) is 0 Å². The van der Waals surface area contributed by atoms with Crippen LogP contribution in [0.3, 0.4) is 0 Å². The Kier molecular flexibility index (Phi) is 6.88. The fourth-order valence-electron chi connectivity index (χ4n) is 3.19. The summed E-state index contributed by atoms with van der Waals surface area (Å²) in [5, 5.41) is 0. The largest absolute Gasteiger partial charge is 0.463 e. The van der Waals surface area contributed by atoms with Gasteiger partial charge in [-0.3, -0.25) is 0 Å². The summed E-state index contributed by atoms with van der Waals surface area (Å²) in [6, 6.07) is 17.0. The number of benzene rings is 2. The van der Waals surface area contributed by atoms with E-state index in [4.69, 9.17) is 9.47 Å². The number of ether oxygens (including phenoxy) is 2. The van der Waals surface area contributed by atoms with Crippen molar-refractivity contribution in [1.82, 2.24) is 0 Å². The molecule has 0 saturated carbocycles. The zero-order valence-corrected chi connectivity index (χ0v) is 17.9. The van der Waals surface area contributed by atoms with Gasteiger partial charge in [-0.05, 0) is 43.7 Å². The van der Waals surface area contributed by atoms with Gasteiger partial charge in [-0.1, -0.05) is 46.3 Å². The molecule has 0 amide bonds. The second-order valence-corrected chi connectivity index (χ2v) is 7.25. The summed E-state index contributed by atoms with van der Waals surface area (Å²) in [5.74, 6) is -1.49. The van der Waals surface area contributed by atoms with Gasteiger partial charge in [-0.15, -0.1) is 0 Å². The highest BCUT2D eigenvalue weighted by molar-refractivity contribution is 9.10. The molecular formula is C23H22BrNO4. The van der Waals surface area contributed by atoms with Crippen LogP contribution < -0.4 is 4.90 Å². The van der Waals surface area contributed by atoms with Crippen LogP contribution >= 0.6 is 15.9 Å². The molecule has 0 aliphatic carbocycles. The Bertz CT molecular complexity index is 899. The summed E-state index contributed by atoms with van der Waals surface area (Å²) in [7, 11) is 0. The first kappa shape index (κ1) is 20.9. The molecule has 150 valence electrons. The van der Waals surface area contributed by atoms with E-state index in [-0.39, 0.29) is 13.2 Å². The molecule has 0 N–H and O–H groups in total. The normalized spacial score (nSPS) is 14.1. The van der Waals surface area contributed by atoms with Crippen LogP contribution in [0, 0.1) is 0 Å². The van der Waals surface area contributed by atoms with Gasteiger partial charge in [0.05, 0.1) is 30.3 Å². The second kappa shape index (κ2) is 9.56. The van der Waals surface area contributed by atoms with Crippen LogP contribution in [0.2, 0.25) is 0 Å². The molecule has 2 aromatic carbocycles. The smallest absolute Gasteiger partial charge is 0.336 e. The molecule has 29 heavy (non-hydrogen) atoms. The van der Waals surface area contributed by atoms with Gasteiger partial charge in [0.2, 0.25) is 0 Å². The van der Waals surface area contributed by atoms with E-state index < -0.39 is 17.9 Å². The van der Waals surface area contributed by atoms with E-state index in [1.165, 1.54) is 0 Å². The van der Waals surface area contributed by atoms with Crippen molar-refractivity contribution in [3.63, 3.8) is 0 Å². The number of nitrogens with zero attached hydrogens (tertiary/aromatic N) is 1. The highest BCUT2D eigenvalue weighted by atomic mass is 79.9. The van der Waals surface area contributed by atoms with Crippen LogP contribution in [0.25, 0.3) is 0 Å². The van der Waals surface area contributed by atoms with Crippen molar-refractivity contribution in [2.75, 3.05) is 18.1 Å². The van der Waals surface area contributed by atoms with Gasteiger partial charge in [0.15, 0.2) is 0 Å². The number of carbonyl (C=O) groups excluding carboxylic acids is 2. The molecule has 2 aromatic rings. The van der Waals surface area contributed by atoms with Crippen LogP contribution in [0.5, 0.6) is 0 Å². The van der Waals surface area contributed by atoms with Crippen molar-refractivity contribution in [1.29, 1.82) is 0 Å². The third kappa shape index (κ3) is 4.77. The van der Waals surface area contributed by atoms with Crippen molar-refractivity contribution in [2.45, 2.75) is 19.8 Å². The van der Waals surface area contributed by atoms with E-state index in [1.807, 2.05) is 54.6 Å². The van der Waals surface area contributed by atoms with Crippen LogP contribution in [-0.4, -0.2) is 25.2 Å². The summed E-state index contributed by atoms with van der Waals surface area (Å²) in [6.07, 6.45) is 3.45. The molecule has 5 nitrogen and oxygen atoms in total. The van der Waals surface area contributed by atoms with Gasteiger partial charge in [-0.2, -0.15) is 0 Å². The predicted octanol–water partition coefficient (Wildman–Crippen LogP) is 4.95. The van der Waals surface area contributed by atoms with Gasteiger partial charge < -0.3 is 14.4 Å². The number of hydrogen-bond acceptors (Lipinski definition) is 5. The maximum atomic E-state index is 12.8. The Balaban J connectivity index is 2.14. The Labute approximate surface area is 178 Å². The minimum absolute atomic E-state index is 0.244. The number of anilines is 1. The monoisotopic (exact) mass is 455 g/mol. The summed E-state index contributed by atoms with van der Waals surface area (Å²) in [5.41, 5.74) is 2.39. The quantitative estimate of drug-likeness (QED) is 0.576. The molecule has 0 aromatic heterocycles. The Morgan fingerprint density at radius 3 is 1.86 bits per heavy atom. The fourth-order valence-corrected chi connectivity index (χ4v) is 3.45. The molecule has 3 rings (SSSR count). The van der Waals surface area contributed by atoms with Crippen molar-refractivity contribution in [3.8, 4) is 0 Å². The molecule has 0 spiro atoms. The number of halogens is 1. The van der Waals surface area contributed by atoms with E-state index in [0.717, 1.165) is 15.7 Å². The van der Waals surface area contributed by atoms with Crippen molar-refractivity contribution in [2.24, 2.45) is 0 Å². The molecule has 0 radical (unpaired) electrons. The highest BCUT2D eigenvalue weighted by Gasteiger charge is 2.35. The zero-order chi connectivity index (χ0) is 20.8. The first-order valence-corrected chi connectivity index (χ1v) is 10.2. The minimum atomic E-state index is -0.569. The molecule has 1 aliphatic heterocycles. The number of carbonyl (C=O) groups is 2. The molecule has 0 fully saturated rings. The van der Waals surface area contributed by atoms with E-state index in [0.29, 0.717) is 11.1 Å². The van der Waals surface area contributed by atoms with Crippen molar-refractivity contribution < 1.29 is 19.1 Å². The number of rotatable bonds is 6. The minimum Gasteiger partial charge on any atom is -0.463 e. The molecule has 0 unspecified atom stereocenters. The van der Waals surface area contributed by atoms with E-state index in [9.17, 15) is 9.59 Å². The van der Waals surface area contributed by atoms with Gasteiger partial charge in [0, 0.05) is 22.6 Å². The first-order chi connectivity index (χ1) is 14.0. The molecule has 0 atom stereocenters. The standard InChI is InChI=1S/C23H22BrNO4/c1-3-28-22(26)19-14-25(18-12-10-17(24)11-13-18)15-20(23(27)29-4-2)21(19)16-8-6-5-7-9-16/h5-15,21H,3-4H2,1-2H3. The highest BCUT2D eigenvalue weighted by Crippen LogP contribution is 2.38. The summed E-state index contributed by atoms with van der Waals surface area (Å²) >= 11 is 3.42. The Morgan fingerprint density at radius 1 is 0.862 bits per heavy atom. The third-order valence-electron chi connectivity index (χ3n) is 4.46. The molecule has 6 heteroatoms. The van der Waals surface area contributed by atoms with E-state index >= 15 is 0 Å². The van der Waals surface area contributed by atoms with Gasteiger partial charge in [-0.25, -0.2) is 9.59 Å². The average Bonchev–Trinajstić information content (AvgIpc) is 2.74. The Hall–Kier alpha value is -2.86. The van der Waals surface area contributed by atoms with Crippen molar-refractivity contribution in [3.05, 3.63) is 88.2 Å². The van der Waals surface area contributed by atoms with E-state index in [1.54, 1.807) is 31.1 Å². The number of esters is 2. The summed E-state index contributed by atoms with van der Waals surface area (Å²) in [4.78, 5) is 27.4. The molecule has 0 bridgehead atoms. The topological polar surface area (TPSA) is 55.8 Å². The van der Waals surface area contributed by atoms with E-state index in [2.05, 4.69) is 15.9 Å². The molecular weight excluding hydrogens is 434 g/mol. The maximum Gasteiger partial charge on any atom is 0.336 e. The molecule has 1 heterocycles. The molecule has 1 aliphatic rings. The summed E-state index contributed by atoms with van der Waals surface area (Å²) < 4.78 is 11.5. The number of hydrogen-bond donors (Lipinski definition) is 0. The predicted molar refractivity (Wildman–Crippen MR) is 115 cm³/mol. The van der Waals surface area contributed by atoms with Crippen LogP contribution in [0.15, 0.2) is 82.6 Å². The molecule has 0 saturated heterocycles. The van der Waals surface area contributed by atoms with Crippen LogP contribution in [0.4, 0.5) is 5.69 Å². The maximum absolute atomic E-state index is 12.8. The van der Waals surface area contributed by atoms with Crippen LogP contribution in [-0.2, 0) is 19.1 Å². The van der Waals surface area contributed by atoms with Crippen LogP contribution in [0.1, 0.15) is 25.3 Å². The lowest BCUT2D eigenvalue weighted by Gasteiger charge is -2.30. The second-order valence-electron chi connectivity index (χ2n) is 6.34. The Morgan fingerprint density at radius 2 is 1.38 bits per heavy atom. The van der Waals surface area contributed by atoms with Crippen molar-refractivity contribution >= 4 is 33.6 Å². The summed E-state index contributed by atoms with van der Waals surface area (Å²) in [6.45, 7) is 4.00. The fraction of sp³-hybridized carbons (Fsp3) is 0.217. The first-order valence-electron chi connectivity index (χ1n) is 9.41. The lowest BCUT2D eigenvalue weighted by molar-refractivity contribution is -0.139. The lowest BCUT2D eigenvalue weighted by atomic mass is 9.83. The van der Waals surface area contributed by atoms with Gasteiger partial charge in [0.1, 0.15) is 0 Å². The third-order valence-corrected chi connectivity index (χ3v) is 4.99. The SMILES string of the molecule is CCOC(=O)C1=CN(c2ccc(Br)cc2)C=C(C(=O)OCC)C1c1ccccc1. The van der Waals surface area contributed by atoms with Gasteiger partial charge >= 0.3 is 11.9 Å². The zero-order valence-electron chi connectivity index (χ0n) is 16.3.